The van der Waals surface area contributed by atoms with Gasteiger partial charge < -0.3 is 21.1 Å². The normalized spacial score (nSPS) is 14.6. The Morgan fingerprint density at radius 1 is 1.47 bits per heavy atom. The summed E-state index contributed by atoms with van der Waals surface area (Å²) in [6.07, 6.45) is -2.67. The van der Waals surface area contributed by atoms with E-state index >= 15 is 0 Å². The predicted octanol–water partition coefficient (Wildman–Crippen LogP) is -1.43. The maximum Gasteiger partial charge on any atom is 0.267 e. The quantitative estimate of drug-likeness (QED) is 0.488. The van der Waals surface area contributed by atoms with Gasteiger partial charge in [0.15, 0.2) is 0 Å². The molecule has 15 heavy (non-hydrogen) atoms. The first-order valence-electron chi connectivity index (χ1n) is 4.30. The van der Waals surface area contributed by atoms with Gasteiger partial charge in [-0.2, -0.15) is 0 Å². The summed E-state index contributed by atoms with van der Waals surface area (Å²) in [6, 6.07) is 4.30. The number of aliphatic hydroxyl groups is 3. The number of amides is 1. The molecule has 0 aliphatic rings. The van der Waals surface area contributed by atoms with Crippen LogP contribution in [0.15, 0.2) is 18.2 Å². The van der Waals surface area contributed by atoms with Crippen molar-refractivity contribution in [1.82, 2.24) is 4.98 Å². The van der Waals surface area contributed by atoms with Crippen LogP contribution in [0.5, 0.6) is 0 Å². The van der Waals surface area contributed by atoms with E-state index in [0.29, 0.717) is 0 Å². The minimum Gasteiger partial charge on any atom is -0.394 e. The molecule has 1 aromatic rings. The molecule has 2 unspecified atom stereocenters. The van der Waals surface area contributed by atoms with Gasteiger partial charge in [0.05, 0.1) is 12.3 Å². The van der Waals surface area contributed by atoms with Crippen LogP contribution in [0.3, 0.4) is 0 Å². The summed E-state index contributed by atoms with van der Waals surface area (Å²) < 4.78 is 0. The summed E-state index contributed by atoms with van der Waals surface area (Å²) in [5.74, 6) is -0.720. The highest BCUT2D eigenvalue weighted by Gasteiger charge is 2.19. The molecule has 1 rings (SSSR count). The lowest BCUT2D eigenvalue weighted by molar-refractivity contribution is -0.0173. The van der Waals surface area contributed by atoms with E-state index in [-0.39, 0.29) is 11.4 Å². The number of aliphatic hydroxyl groups excluding tert-OH is 3. The second-order valence-corrected chi connectivity index (χ2v) is 3.01. The lowest BCUT2D eigenvalue weighted by atomic mass is 10.1. The van der Waals surface area contributed by atoms with Gasteiger partial charge in [-0.05, 0) is 12.1 Å². The smallest absolute Gasteiger partial charge is 0.267 e. The molecule has 0 fully saturated rings. The second-order valence-electron chi connectivity index (χ2n) is 3.01. The molecule has 1 amide bonds. The van der Waals surface area contributed by atoms with Crippen molar-refractivity contribution < 1.29 is 20.1 Å². The van der Waals surface area contributed by atoms with E-state index < -0.39 is 24.7 Å². The van der Waals surface area contributed by atoms with E-state index in [9.17, 15) is 9.90 Å². The fourth-order valence-electron chi connectivity index (χ4n) is 1.05. The molecule has 0 radical (unpaired) electrons. The molecular formula is C9H12N2O4. The Morgan fingerprint density at radius 3 is 2.67 bits per heavy atom. The van der Waals surface area contributed by atoms with E-state index in [2.05, 4.69) is 4.98 Å². The van der Waals surface area contributed by atoms with Crippen molar-refractivity contribution in [3.8, 4) is 0 Å². The van der Waals surface area contributed by atoms with Crippen LogP contribution in [0.25, 0.3) is 0 Å². The Kier molecular flexibility index (Phi) is 3.73. The molecule has 82 valence electrons. The average molecular weight is 212 g/mol. The van der Waals surface area contributed by atoms with Crippen molar-refractivity contribution >= 4 is 5.91 Å². The molecule has 0 aliphatic carbocycles. The molecule has 1 heterocycles. The molecule has 0 aliphatic heterocycles. The lowest BCUT2D eigenvalue weighted by Gasteiger charge is -2.14. The first-order chi connectivity index (χ1) is 7.06. The number of hydrogen-bond donors (Lipinski definition) is 4. The van der Waals surface area contributed by atoms with Crippen LogP contribution in [-0.2, 0) is 0 Å². The maximum absolute atomic E-state index is 10.8. The molecular weight excluding hydrogens is 200 g/mol. The van der Waals surface area contributed by atoms with Crippen molar-refractivity contribution in [3.63, 3.8) is 0 Å². The Bertz CT molecular complexity index is 356. The zero-order valence-electron chi connectivity index (χ0n) is 7.87. The zero-order chi connectivity index (χ0) is 11.4. The van der Waals surface area contributed by atoms with Crippen LogP contribution in [0.1, 0.15) is 22.3 Å². The monoisotopic (exact) mass is 212 g/mol. The van der Waals surface area contributed by atoms with Gasteiger partial charge in [0.1, 0.15) is 17.9 Å². The number of carbonyl (C=O) groups is 1. The Morgan fingerprint density at radius 2 is 2.13 bits per heavy atom. The van der Waals surface area contributed by atoms with E-state index in [1.165, 1.54) is 18.2 Å². The first-order valence-corrected chi connectivity index (χ1v) is 4.30. The third kappa shape index (κ3) is 2.72. The van der Waals surface area contributed by atoms with Crippen molar-refractivity contribution in [2.75, 3.05) is 6.61 Å². The SMILES string of the molecule is NC(=O)c1cccc(C(O)C(O)CO)n1. The Balaban J connectivity index is 2.94. The number of hydrogen-bond acceptors (Lipinski definition) is 5. The number of primary amides is 1. The third-order valence-electron chi connectivity index (χ3n) is 1.88. The van der Waals surface area contributed by atoms with Gasteiger partial charge >= 0.3 is 0 Å². The molecule has 0 bridgehead atoms. The van der Waals surface area contributed by atoms with Crippen molar-refractivity contribution in [2.45, 2.75) is 12.2 Å². The van der Waals surface area contributed by atoms with Crippen molar-refractivity contribution in [1.29, 1.82) is 0 Å². The molecule has 6 heteroatoms. The average Bonchev–Trinajstić information content (AvgIpc) is 2.27. The Labute approximate surface area is 86.0 Å². The summed E-state index contributed by atoms with van der Waals surface area (Å²) in [4.78, 5) is 14.5. The van der Waals surface area contributed by atoms with Crippen molar-refractivity contribution in [3.05, 3.63) is 29.6 Å². The Hall–Kier alpha value is -1.50. The first kappa shape index (κ1) is 11.6. The highest BCUT2D eigenvalue weighted by molar-refractivity contribution is 5.90. The van der Waals surface area contributed by atoms with Crippen LogP contribution in [0.4, 0.5) is 0 Å². The van der Waals surface area contributed by atoms with Gasteiger partial charge in [0, 0.05) is 0 Å². The van der Waals surface area contributed by atoms with Crippen LogP contribution in [0.2, 0.25) is 0 Å². The molecule has 0 aromatic carbocycles. The molecule has 5 N–H and O–H groups in total. The number of aromatic nitrogens is 1. The summed E-state index contributed by atoms with van der Waals surface area (Å²) in [5, 5.41) is 27.2. The molecule has 1 aromatic heterocycles. The van der Waals surface area contributed by atoms with Crippen molar-refractivity contribution in [2.24, 2.45) is 5.73 Å². The van der Waals surface area contributed by atoms with Crippen LogP contribution in [-0.4, -0.2) is 38.9 Å². The van der Waals surface area contributed by atoms with E-state index in [4.69, 9.17) is 15.9 Å². The number of nitrogens with two attached hydrogens (primary N) is 1. The van der Waals surface area contributed by atoms with E-state index in [1.807, 2.05) is 0 Å². The van der Waals surface area contributed by atoms with Gasteiger partial charge in [0.2, 0.25) is 0 Å². The van der Waals surface area contributed by atoms with Gasteiger partial charge in [-0.15, -0.1) is 0 Å². The van der Waals surface area contributed by atoms with Crippen LogP contribution >= 0.6 is 0 Å². The number of rotatable bonds is 4. The predicted molar refractivity (Wildman–Crippen MR) is 50.8 cm³/mol. The van der Waals surface area contributed by atoms with Gasteiger partial charge in [-0.25, -0.2) is 4.98 Å². The minimum absolute atomic E-state index is 0.00307. The molecule has 2 atom stereocenters. The summed E-state index contributed by atoms with van der Waals surface area (Å²) in [7, 11) is 0. The van der Waals surface area contributed by atoms with Gasteiger partial charge in [0.25, 0.3) is 5.91 Å². The van der Waals surface area contributed by atoms with Crippen LogP contribution in [0, 0.1) is 0 Å². The van der Waals surface area contributed by atoms with Gasteiger partial charge in [-0.3, -0.25) is 4.79 Å². The number of nitrogens with zero attached hydrogens (tertiary/aromatic N) is 1. The maximum atomic E-state index is 10.8. The second kappa shape index (κ2) is 4.83. The summed E-state index contributed by atoms with van der Waals surface area (Å²) in [5.41, 5.74) is 5.08. The number of carbonyl (C=O) groups excluding carboxylic acids is 1. The highest BCUT2D eigenvalue weighted by atomic mass is 16.4. The molecule has 0 saturated heterocycles. The standard InChI is InChI=1S/C9H12N2O4/c10-9(15)6-3-1-2-5(11-6)8(14)7(13)4-12/h1-3,7-8,12-14H,4H2,(H2,10,15). The van der Waals surface area contributed by atoms with E-state index in [0.717, 1.165) is 0 Å². The fraction of sp³-hybridized carbons (Fsp3) is 0.333. The molecule has 6 nitrogen and oxygen atoms in total. The largest absolute Gasteiger partial charge is 0.394 e. The third-order valence-corrected chi connectivity index (χ3v) is 1.88. The molecule has 0 saturated carbocycles. The molecule has 0 spiro atoms. The number of pyridine rings is 1. The van der Waals surface area contributed by atoms with Gasteiger partial charge in [-0.1, -0.05) is 6.07 Å². The zero-order valence-corrected chi connectivity index (χ0v) is 7.87. The summed E-state index contributed by atoms with van der Waals surface area (Å²) >= 11 is 0. The fourth-order valence-corrected chi connectivity index (χ4v) is 1.05. The highest BCUT2D eigenvalue weighted by Crippen LogP contribution is 2.14. The van der Waals surface area contributed by atoms with E-state index in [1.54, 1.807) is 0 Å². The topological polar surface area (TPSA) is 117 Å². The summed E-state index contributed by atoms with van der Waals surface area (Å²) in [6.45, 7) is -0.594. The lowest BCUT2D eigenvalue weighted by Crippen LogP contribution is -2.24. The minimum atomic E-state index is -1.34. The van der Waals surface area contributed by atoms with Crippen LogP contribution < -0.4 is 5.73 Å².